The van der Waals surface area contributed by atoms with Gasteiger partial charge in [0.2, 0.25) is 0 Å². The lowest BCUT2D eigenvalue weighted by Crippen LogP contribution is -2.41. The van der Waals surface area contributed by atoms with Crippen molar-refractivity contribution < 1.29 is 24.2 Å². The minimum absolute atomic E-state index is 0.0633. The predicted molar refractivity (Wildman–Crippen MR) is 68.4 cm³/mol. The zero-order valence-electron chi connectivity index (χ0n) is 10.5. The van der Waals surface area contributed by atoms with Gasteiger partial charge in [0.1, 0.15) is 5.75 Å². The molecule has 0 bridgehead atoms. The Balaban J connectivity index is 2.44. The summed E-state index contributed by atoms with van der Waals surface area (Å²) in [5, 5.41) is 13.1. The smallest absolute Gasteiger partial charge is 0.337 e. The third-order valence-corrected chi connectivity index (χ3v) is 1.99. The van der Waals surface area contributed by atoms with Crippen LogP contribution < -0.4 is 15.4 Å². The van der Waals surface area contributed by atoms with Crippen molar-refractivity contribution in [2.45, 2.75) is 0 Å². The number of urea groups is 1. The number of nitrogens with zero attached hydrogens (tertiary/aromatic N) is 1. The lowest BCUT2D eigenvalue weighted by molar-refractivity contribution is -0.122. The van der Waals surface area contributed by atoms with E-state index in [0.29, 0.717) is 0 Å². The second kappa shape index (κ2) is 7.52. The van der Waals surface area contributed by atoms with Crippen molar-refractivity contribution >= 4 is 17.9 Å². The highest BCUT2D eigenvalue weighted by atomic mass is 16.5. The first-order chi connectivity index (χ1) is 9.52. The summed E-state index contributed by atoms with van der Waals surface area (Å²) in [6.45, 7) is 3.19. The highest BCUT2D eigenvalue weighted by Gasteiger charge is 2.09. The highest BCUT2D eigenvalue weighted by molar-refractivity contribution is 5.95. The van der Waals surface area contributed by atoms with Crippen molar-refractivity contribution in [3.05, 3.63) is 36.7 Å². The van der Waals surface area contributed by atoms with Crippen molar-refractivity contribution in [3.8, 4) is 5.75 Å². The summed E-state index contributed by atoms with van der Waals surface area (Å²) in [7, 11) is 0. The molecule has 0 aromatic carbocycles. The van der Waals surface area contributed by atoms with E-state index in [4.69, 9.17) is 9.84 Å². The fourth-order valence-electron chi connectivity index (χ4n) is 1.14. The van der Waals surface area contributed by atoms with Gasteiger partial charge < -0.3 is 15.2 Å². The number of aromatic carboxylic acids is 1. The number of pyridine rings is 1. The van der Waals surface area contributed by atoms with Crippen LogP contribution in [-0.2, 0) is 4.79 Å². The molecule has 0 aliphatic carbocycles. The van der Waals surface area contributed by atoms with Crippen LogP contribution in [0.2, 0.25) is 0 Å². The molecule has 1 heterocycles. The fraction of sp³-hybridized carbons (Fsp3) is 0.167. The summed E-state index contributed by atoms with van der Waals surface area (Å²) < 4.78 is 5.03. The number of ether oxygens (including phenoxy) is 1. The first-order valence-electron chi connectivity index (χ1n) is 5.52. The molecule has 1 rings (SSSR count). The van der Waals surface area contributed by atoms with Crippen LogP contribution in [0, 0.1) is 0 Å². The molecule has 0 fully saturated rings. The molecule has 0 unspecified atom stereocenters. The molecule has 1 aromatic heterocycles. The quantitative estimate of drug-likeness (QED) is 0.639. The zero-order chi connectivity index (χ0) is 15.0. The van der Waals surface area contributed by atoms with Gasteiger partial charge in [-0.15, -0.1) is 6.58 Å². The maximum absolute atomic E-state index is 11.3. The molecule has 0 saturated heterocycles. The van der Waals surface area contributed by atoms with E-state index in [1.807, 2.05) is 5.32 Å². The number of amides is 3. The van der Waals surface area contributed by atoms with E-state index >= 15 is 0 Å². The van der Waals surface area contributed by atoms with Gasteiger partial charge in [-0.05, 0) is 6.07 Å². The molecular weight excluding hydrogens is 266 g/mol. The first kappa shape index (κ1) is 15.2. The number of imide groups is 1. The topological polar surface area (TPSA) is 118 Å². The average Bonchev–Trinajstić information content (AvgIpc) is 2.43. The Morgan fingerprint density at radius 2 is 2.15 bits per heavy atom. The molecule has 8 heteroatoms. The van der Waals surface area contributed by atoms with E-state index in [-0.39, 0.29) is 17.9 Å². The van der Waals surface area contributed by atoms with E-state index in [1.54, 1.807) is 0 Å². The van der Waals surface area contributed by atoms with Gasteiger partial charge >= 0.3 is 12.0 Å². The van der Waals surface area contributed by atoms with E-state index in [0.717, 1.165) is 6.20 Å². The minimum Gasteiger partial charge on any atom is -0.482 e. The molecule has 3 amide bonds. The number of hydrogen-bond donors (Lipinski definition) is 3. The predicted octanol–water partition coefficient (Wildman–Crippen LogP) is 0.170. The normalized spacial score (nSPS) is 9.40. The monoisotopic (exact) mass is 279 g/mol. The molecule has 106 valence electrons. The van der Waals surface area contributed by atoms with Crippen molar-refractivity contribution in [1.82, 2.24) is 15.6 Å². The van der Waals surface area contributed by atoms with E-state index in [2.05, 4.69) is 16.9 Å². The number of carboxylic acid groups (broad SMARTS) is 1. The lowest BCUT2D eigenvalue weighted by Gasteiger charge is -2.07. The van der Waals surface area contributed by atoms with Crippen molar-refractivity contribution in [1.29, 1.82) is 0 Å². The Kier molecular flexibility index (Phi) is 5.70. The fourth-order valence-corrected chi connectivity index (χ4v) is 1.14. The van der Waals surface area contributed by atoms with Gasteiger partial charge in [-0.2, -0.15) is 0 Å². The number of rotatable bonds is 6. The molecule has 0 atom stereocenters. The number of nitrogens with one attached hydrogen (secondary N) is 2. The van der Waals surface area contributed by atoms with Crippen LogP contribution in [0.1, 0.15) is 10.4 Å². The van der Waals surface area contributed by atoms with Gasteiger partial charge in [0.25, 0.3) is 5.91 Å². The number of carbonyl (C=O) groups is 3. The van der Waals surface area contributed by atoms with Crippen molar-refractivity contribution in [2.75, 3.05) is 13.2 Å². The van der Waals surface area contributed by atoms with Gasteiger partial charge in [0.15, 0.2) is 6.61 Å². The molecule has 0 saturated carbocycles. The standard InChI is InChI=1S/C12H13N3O5/c1-2-3-14-12(19)15-10(16)7-20-9-4-8(11(17)18)5-13-6-9/h2,4-6H,1,3,7H2,(H,17,18)(H2,14,15,16,19). The van der Waals surface area contributed by atoms with Gasteiger partial charge in [0, 0.05) is 12.7 Å². The number of carboxylic acids is 1. The number of carbonyl (C=O) groups excluding carboxylic acids is 2. The van der Waals surface area contributed by atoms with Crippen LogP contribution in [0.3, 0.4) is 0 Å². The summed E-state index contributed by atoms with van der Waals surface area (Å²) in [6.07, 6.45) is 3.87. The number of hydrogen-bond acceptors (Lipinski definition) is 5. The Bertz CT molecular complexity index is 530. The first-order valence-corrected chi connectivity index (χ1v) is 5.52. The van der Waals surface area contributed by atoms with E-state index in [1.165, 1.54) is 18.3 Å². The van der Waals surface area contributed by atoms with Crippen LogP contribution in [0.15, 0.2) is 31.1 Å². The summed E-state index contributed by atoms with van der Waals surface area (Å²) in [5.74, 6) is -1.71. The summed E-state index contributed by atoms with van der Waals surface area (Å²) in [5.41, 5.74) is -0.0633. The molecule has 0 aliphatic rings. The van der Waals surface area contributed by atoms with Crippen molar-refractivity contribution in [3.63, 3.8) is 0 Å². The van der Waals surface area contributed by atoms with Crippen molar-refractivity contribution in [2.24, 2.45) is 0 Å². The van der Waals surface area contributed by atoms with E-state index < -0.39 is 24.5 Å². The van der Waals surface area contributed by atoms with Gasteiger partial charge in [0.05, 0.1) is 11.8 Å². The summed E-state index contributed by atoms with van der Waals surface area (Å²) in [6, 6.07) is 0.552. The van der Waals surface area contributed by atoms with Gasteiger partial charge in [-0.25, -0.2) is 9.59 Å². The Morgan fingerprint density at radius 1 is 1.40 bits per heavy atom. The summed E-state index contributed by atoms with van der Waals surface area (Å²) in [4.78, 5) is 36.8. The Morgan fingerprint density at radius 3 is 2.80 bits per heavy atom. The molecule has 0 spiro atoms. The highest BCUT2D eigenvalue weighted by Crippen LogP contribution is 2.10. The molecule has 8 nitrogen and oxygen atoms in total. The van der Waals surface area contributed by atoms with Gasteiger partial charge in [-0.3, -0.25) is 15.1 Å². The molecular formula is C12H13N3O5. The third-order valence-electron chi connectivity index (χ3n) is 1.99. The van der Waals surface area contributed by atoms with Crippen LogP contribution in [0.25, 0.3) is 0 Å². The third kappa shape index (κ3) is 5.17. The minimum atomic E-state index is -1.16. The maximum Gasteiger partial charge on any atom is 0.337 e. The molecule has 0 radical (unpaired) electrons. The summed E-state index contributed by atoms with van der Waals surface area (Å²) >= 11 is 0. The number of aromatic nitrogens is 1. The lowest BCUT2D eigenvalue weighted by atomic mass is 10.3. The van der Waals surface area contributed by atoms with Crippen LogP contribution in [-0.4, -0.2) is 41.1 Å². The maximum atomic E-state index is 11.3. The zero-order valence-corrected chi connectivity index (χ0v) is 10.5. The van der Waals surface area contributed by atoms with Crippen LogP contribution >= 0.6 is 0 Å². The van der Waals surface area contributed by atoms with E-state index in [9.17, 15) is 14.4 Å². The van der Waals surface area contributed by atoms with Gasteiger partial charge in [-0.1, -0.05) is 6.08 Å². The Hall–Kier alpha value is -2.90. The second-order valence-electron chi connectivity index (χ2n) is 3.55. The molecule has 3 N–H and O–H groups in total. The Labute approximate surface area is 114 Å². The largest absolute Gasteiger partial charge is 0.482 e. The SMILES string of the molecule is C=CCNC(=O)NC(=O)COc1cncc(C(=O)O)c1. The molecule has 1 aromatic rings. The molecule has 0 aliphatic heterocycles. The molecule has 20 heavy (non-hydrogen) atoms. The van der Waals surface area contributed by atoms with Crippen LogP contribution in [0.4, 0.5) is 4.79 Å². The average molecular weight is 279 g/mol. The second-order valence-corrected chi connectivity index (χ2v) is 3.55. The van der Waals surface area contributed by atoms with Crippen LogP contribution in [0.5, 0.6) is 5.75 Å².